The number of likely N-dealkylation sites (N-methyl/N-ethyl adjacent to an activating group) is 2. The second kappa shape index (κ2) is 39.2. The summed E-state index contributed by atoms with van der Waals surface area (Å²) >= 11 is 0. The number of amides is 4. The van der Waals surface area contributed by atoms with Gasteiger partial charge in [0.2, 0.25) is 0 Å². The summed E-state index contributed by atoms with van der Waals surface area (Å²) in [5.41, 5.74) is 15.4. The van der Waals surface area contributed by atoms with Gasteiger partial charge in [0.25, 0.3) is 23.6 Å². The first-order valence-corrected chi connectivity index (χ1v) is 39.7. The molecule has 7 N–H and O–H groups in total. The number of halogens is 2. The minimum Gasteiger partial charge on any atom is -0.381 e. The number of anilines is 2. The lowest BCUT2D eigenvalue weighted by atomic mass is 10.00. The number of aryl methyl sites for hydroxylation is 6. The van der Waals surface area contributed by atoms with E-state index < -0.39 is 5.82 Å². The highest BCUT2D eigenvalue weighted by Gasteiger charge is 2.27. The number of hydrogen-bond donors (Lipinski definition) is 7. The molecule has 4 aliphatic rings. The predicted molar refractivity (Wildman–Crippen MR) is 439 cm³/mol. The van der Waals surface area contributed by atoms with E-state index in [2.05, 4.69) is 95.3 Å². The number of carbonyl (C=O) groups excluding carboxylic acids is 5. The molecule has 4 amide bonds. The van der Waals surface area contributed by atoms with E-state index in [4.69, 9.17) is 19.4 Å². The molecule has 14 rings (SSSR count). The van der Waals surface area contributed by atoms with E-state index in [1.54, 1.807) is 84.9 Å². The molecule has 4 fully saturated rings. The summed E-state index contributed by atoms with van der Waals surface area (Å²) in [4.78, 5) is 82.4. The van der Waals surface area contributed by atoms with Crippen LogP contribution in [0.3, 0.4) is 0 Å². The van der Waals surface area contributed by atoms with Crippen LogP contribution in [0, 0.1) is 25.5 Å². The van der Waals surface area contributed by atoms with E-state index >= 15 is 4.39 Å². The van der Waals surface area contributed by atoms with Crippen LogP contribution >= 0.6 is 0 Å². The van der Waals surface area contributed by atoms with Crippen LogP contribution in [-0.4, -0.2) is 179 Å². The van der Waals surface area contributed by atoms with E-state index in [0.717, 1.165) is 155 Å². The molecule has 23 nitrogen and oxygen atoms in total. The molecular weight excluding hydrogens is 1430 g/mol. The summed E-state index contributed by atoms with van der Waals surface area (Å²) in [6.45, 7) is 26.6. The van der Waals surface area contributed by atoms with Crippen molar-refractivity contribution in [2.24, 2.45) is 0 Å². The summed E-state index contributed by atoms with van der Waals surface area (Å²) in [6.07, 6.45) is 9.30. The molecule has 4 saturated heterocycles. The van der Waals surface area contributed by atoms with Crippen molar-refractivity contribution in [1.29, 1.82) is 0 Å². The zero-order chi connectivity index (χ0) is 79.5. The van der Waals surface area contributed by atoms with Gasteiger partial charge in [-0.2, -0.15) is 10.2 Å². The van der Waals surface area contributed by atoms with Gasteiger partial charge >= 0.3 is 0 Å². The number of aromatic nitrogens is 6. The molecular formula is C88H106F2N16O7. The lowest BCUT2D eigenvalue weighted by Gasteiger charge is -2.32. The predicted octanol–water partition coefficient (Wildman–Crippen LogP) is 12.2. The smallest absolute Gasteiger partial charge is 0.251 e. The van der Waals surface area contributed by atoms with Crippen molar-refractivity contribution >= 4 is 63.4 Å². The second-order valence-electron chi connectivity index (χ2n) is 29.6. The Kier molecular flexibility index (Phi) is 28.4. The summed E-state index contributed by atoms with van der Waals surface area (Å²) in [5.74, 6) is -2.02. The number of piperazine rings is 2. The molecule has 0 atom stereocenters. The van der Waals surface area contributed by atoms with Crippen LogP contribution in [0.5, 0.6) is 0 Å². The first-order chi connectivity index (χ1) is 54.8. The van der Waals surface area contributed by atoms with Crippen LogP contribution < -0.4 is 37.2 Å². The van der Waals surface area contributed by atoms with Gasteiger partial charge < -0.3 is 56.5 Å². The van der Waals surface area contributed by atoms with E-state index in [-0.39, 0.29) is 67.7 Å². The van der Waals surface area contributed by atoms with E-state index in [9.17, 15) is 28.4 Å². The fourth-order valence-corrected chi connectivity index (χ4v) is 14.9. The molecule has 0 saturated carbocycles. The van der Waals surface area contributed by atoms with E-state index in [0.29, 0.717) is 109 Å². The minimum absolute atomic E-state index is 0.141. The van der Waals surface area contributed by atoms with Crippen molar-refractivity contribution in [3.63, 3.8) is 0 Å². The Balaban J connectivity index is 0.000000193. The highest BCUT2D eigenvalue weighted by molar-refractivity contribution is 6.02. The Hall–Kier alpha value is -10.7. The van der Waals surface area contributed by atoms with Crippen LogP contribution in [0.4, 0.5) is 20.2 Å². The topological polar surface area (TPSA) is 259 Å². The Morgan fingerprint density at radius 3 is 1.35 bits per heavy atom. The molecule has 0 spiro atoms. The van der Waals surface area contributed by atoms with Crippen molar-refractivity contribution in [3.05, 3.63) is 224 Å². The first kappa shape index (κ1) is 81.8. The maximum Gasteiger partial charge on any atom is 0.251 e. The Bertz CT molecular complexity index is 5000. The maximum atomic E-state index is 15.2. The van der Waals surface area contributed by atoms with Gasteiger partial charge in [-0.15, -0.1) is 0 Å². The number of rotatable bonds is 25. The van der Waals surface area contributed by atoms with Gasteiger partial charge in [-0.3, -0.25) is 28.9 Å². The molecule has 594 valence electrons. The second-order valence-corrected chi connectivity index (χ2v) is 29.6. The highest BCUT2D eigenvalue weighted by Crippen LogP contribution is 2.35. The van der Waals surface area contributed by atoms with Crippen molar-refractivity contribution < 1.29 is 42.2 Å². The lowest BCUT2D eigenvalue weighted by molar-refractivity contribution is 0.0903. The summed E-state index contributed by atoms with van der Waals surface area (Å²) in [5, 5.41) is 33.8. The van der Waals surface area contributed by atoms with Gasteiger partial charge in [0.1, 0.15) is 17.9 Å². The molecule has 8 heterocycles. The van der Waals surface area contributed by atoms with E-state index in [1.807, 2.05) is 68.5 Å². The number of nitrogens with zero attached hydrogens (tertiary/aromatic N) is 9. The molecule has 4 aromatic heterocycles. The Labute approximate surface area is 660 Å². The molecule has 0 aliphatic carbocycles. The summed E-state index contributed by atoms with van der Waals surface area (Å²) in [7, 11) is 4.30. The van der Waals surface area contributed by atoms with Crippen LogP contribution in [0.25, 0.3) is 44.3 Å². The van der Waals surface area contributed by atoms with Gasteiger partial charge in [0.05, 0.1) is 34.5 Å². The van der Waals surface area contributed by atoms with Gasteiger partial charge in [-0.05, 0) is 192 Å². The van der Waals surface area contributed by atoms with Crippen LogP contribution in [0.1, 0.15) is 156 Å². The Morgan fingerprint density at radius 1 is 0.504 bits per heavy atom. The van der Waals surface area contributed by atoms with E-state index in [1.165, 1.54) is 25.2 Å². The largest absolute Gasteiger partial charge is 0.381 e. The number of hydrogen-bond acceptors (Lipinski definition) is 17. The molecule has 10 aromatic rings. The third-order valence-electron chi connectivity index (χ3n) is 21.3. The zero-order valence-corrected chi connectivity index (χ0v) is 66.3. The average Bonchev–Trinajstić information content (AvgIpc) is 1.66. The van der Waals surface area contributed by atoms with Crippen molar-refractivity contribution in [3.8, 4) is 22.3 Å². The monoisotopic (exact) mass is 1540 g/mol. The number of benzene rings is 6. The highest BCUT2D eigenvalue weighted by atomic mass is 19.1. The van der Waals surface area contributed by atoms with Crippen LogP contribution in [0.15, 0.2) is 134 Å². The number of pyridine rings is 2. The van der Waals surface area contributed by atoms with Gasteiger partial charge in [0, 0.05) is 198 Å². The molecule has 113 heavy (non-hydrogen) atoms. The number of fused-ring (bicyclic) bond motifs is 2. The van der Waals surface area contributed by atoms with Gasteiger partial charge in [-0.25, -0.2) is 28.1 Å². The fraction of sp³-hybridized carbons (Fsp3) is 0.398. The van der Waals surface area contributed by atoms with Gasteiger partial charge in [0.15, 0.2) is 11.3 Å². The molecule has 0 radical (unpaired) electrons. The molecule has 6 aromatic carbocycles. The zero-order valence-electron chi connectivity index (χ0n) is 66.3. The minimum atomic E-state index is -0.429. The lowest BCUT2D eigenvalue weighted by Crippen LogP contribution is -2.43. The standard InChI is InChI=1S/C44H53FN8O3.C39H41FN6O4.C5H12N2/c1-5-40-37(41(49-35-12-18-56-19-13-35)38-27-48-53(6-2)42(38)50-40)26-47-44(55)34-21-29(3)20-33(24-34)43(54)46-25-30-10-11-39(45)36(23-30)32-9-7-8-31(22-32)28-52-16-14-51(4)15-17-52;1-4-35-32(36(44-30-11-13-50-14-12-30)33-22-43-46(5-2)37(33)45-35)21-42-39(49)29-16-24(3)15-28(19-29)38(48)41-20-25-9-10-34(40)31(18-25)27-8-6-7-26(17-27)23-47;1-7-4-2-6-3-5-7/h7-11,20-24,27,35H,5-6,12-19,25-26,28H2,1-4H3,(H,46,54)(H,47,55)(H,49,50);6-10,15-19,22-23,30H,4-5,11-14,20-21H2,1-3H3,(H,41,48)(H,42,49)(H,44,45);6H,2-5H2,1H3. The van der Waals surface area contributed by atoms with Crippen molar-refractivity contribution in [2.75, 3.05) is 104 Å². The summed E-state index contributed by atoms with van der Waals surface area (Å²) < 4.78 is 44.9. The first-order valence-electron chi connectivity index (χ1n) is 39.7. The Morgan fingerprint density at radius 2 is 0.929 bits per heavy atom. The number of ether oxygens (including phenoxy) is 2. The van der Waals surface area contributed by atoms with Gasteiger partial charge in [-0.1, -0.05) is 62.4 Å². The molecule has 4 aliphatic heterocycles. The maximum absolute atomic E-state index is 15.2. The number of nitrogens with one attached hydrogen (secondary N) is 7. The third-order valence-corrected chi connectivity index (χ3v) is 21.3. The van der Waals surface area contributed by atoms with Crippen LogP contribution in [-0.2, 0) is 68.1 Å². The number of aldehydes is 1. The normalized spacial score (nSPS) is 15.2. The summed E-state index contributed by atoms with van der Waals surface area (Å²) in [6, 6.07) is 35.0. The average molecular weight is 1540 g/mol. The van der Waals surface area contributed by atoms with Crippen LogP contribution in [0.2, 0.25) is 0 Å². The molecule has 25 heteroatoms. The van der Waals surface area contributed by atoms with Crippen molar-refractivity contribution in [2.45, 2.75) is 138 Å². The third kappa shape index (κ3) is 21.2. The molecule has 0 unspecified atom stereocenters. The quantitative estimate of drug-likeness (QED) is 0.0262. The van der Waals surface area contributed by atoms with Crippen molar-refractivity contribution in [1.82, 2.24) is 70.8 Å². The fourth-order valence-electron chi connectivity index (χ4n) is 14.9. The number of carbonyl (C=O) groups is 5. The molecule has 0 bridgehead atoms. The SMILES string of the molecule is CCc1nc2c(cnn2CC)c(NC2CCOCC2)c1CNC(=O)c1cc(C)cc(C(=O)NCc2ccc(F)c(-c3cccc(C=O)c3)c2)c1.CCc1nc2c(cnn2CC)c(NC2CCOCC2)c1CNC(=O)c1cc(C)cc(C(=O)NCc2ccc(F)c(-c3cccc(CN4CCN(C)CC4)c3)c2)c1.CN1CCNCC1.